The summed E-state index contributed by atoms with van der Waals surface area (Å²) < 4.78 is 43.2. The first-order valence-corrected chi connectivity index (χ1v) is 7.43. The van der Waals surface area contributed by atoms with E-state index in [2.05, 4.69) is 0 Å². The first kappa shape index (κ1) is 16.8. The molecule has 0 bridgehead atoms. The number of carbonyl (C=O) groups excluding carboxylic acids is 1. The molecular weight excluding hydrogens is 295 g/mol. The van der Waals surface area contributed by atoms with E-state index in [1.807, 2.05) is 13.8 Å². The lowest BCUT2D eigenvalue weighted by Crippen LogP contribution is -2.40. The van der Waals surface area contributed by atoms with Crippen molar-refractivity contribution in [1.29, 1.82) is 0 Å². The molecule has 0 aliphatic carbocycles. The van der Waals surface area contributed by atoms with Crippen LogP contribution in [-0.4, -0.2) is 25.2 Å². The molecule has 1 aliphatic heterocycles. The smallest absolute Gasteiger partial charge is 0.378 e. The minimum absolute atomic E-state index is 0.0361. The van der Waals surface area contributed by atoms with Crippen molar-refractivity contribution in [3.05, 3.63) is 29.8 Å². The van der Waals surface area contributed by atoms with Crippen LogP contribution in [0, 0.1) is 5.92 Å². The molecule has 1 aliphatic rings. The van der Waals surface area contributed by atoms with Gasteiger partial charge in [-0.05, 0) is 51.0 Å². The molecule has 2 atom stereocenters. The fourth-order valence-corrected chi connectivity index (χ4v) is 2.74. The van der Waals surface area contributed by atoms with Crippen LogP contribution in [0.3, 0.4) is 0 Å². The van der Waals surface area contributed by atoms with Crippen LogP contribution in [0.4, 0.5) is 18.9 Å². The number of nitrogens with zero attached hydrogens (tertiary/aromatic N) is 1. The number of ether oxygens (including phenoxy) is 1. The van der Waals surface area contributed by atoms with Gasteiger partial charge < -0.3 is 9.64 Å². The highest BCUT2D eigenvalue weighted by Gasteiger charge is 2.32. The number of rotatable bonds is 3. The van der Waals surface area contributed by atoms with Gasteiger partial charge in [-0.2, -0.15) is 13.2 Å². The van der Waals surface area contributed by atoms with E-state index in [0.29, 0.717) is 31.7 Å². The van der Waals surface area contributed by atoms with Crippen molar-refractivity contribution in [2.75, 3.05) is 18.1 Å². The molecule has 0 N–H and O–H groups in total. The van der Waals surface area contributed by atoms with Crippen LogP contribution in [0.1, 0.15) is 32.3 Å². The number of halogens is 3. The molecule has 1 saturated heterocycles. The number of amides is 1. The highest BCUT2D eigenvalue weighted by molar-refractivity contribution is 5.95. The van der Waals surface area contributed by atoms with Crippen LogP contribution in [0.5, 0.6) is 0 Å². The highest BCUT2D eigenvalue weighted by Crippen LogP contribution is 2.31. The highest BCUT2D eigenvalue weighted by atomic mass is 19.4. The summed E-state index contributed by atoms with van der Waals surface area (Å²) >= 11 is 0. The third kappa shape index (κ3) is 3.80. The maximum absolute atomic E-state index is 12.6. The first-order chi connectivity index (χ1) is 10.3. The van der Waals surface area contributed by atoms with Gasteiger partial charge in [0, 0.05) is 24.8 Å². The van der Waals surface area contributed by atoms with Crippen LogP contribution in [0.2, 0.25) is 0 Å². The van der Waals surface area contributed by atoms with Crippen LogP contribution in [0.15, 0.2) is 24.3 Å². The molecule has 2 rings (SSSR count). The molecule has 1 heterocycles. The largest absolute Gasteiger partial charge is 0.416 e. The Morgan fingerprint density at radius 3 is 2.45 bits per heavy atom. The summed E-state index contributed by atoms with van der Waals surface area (Å²) in [6, 6.07) is 4.73. The molecule has 1 amide bonds. The van der Waals surface area contributed by atoms with Crippen molar-refractivity contribution < 1.29 is 22.7 Å². The summed E-state index contributed by atoms with van der Waals surface area (Å²) in [5.41, 5.74) is -0.209. The molecular formula is C16H20F3NO2. The number of carbonyl (C=O) groups is 1. The van der Waals surface area contributed by atoms with Crippen LogP contribution in [0.25, 0.3) is 0 Å². The molecule has 22 heavy (non-hydrogen) atoms. The zero-order chi connectivity index (χ0) is 16.3. The van der Waals surface area contributed by atoms with Gasteiger partial charge in [-0.1, -0.05) is 0 Å². The average Bonchev–Trinajstić information content (AvgIpc) is 2.47. The third-order valence-electron chi connectivity index (χ3n) is 3.92. The molecule has 0 radical (unpaired) electrons. The first-order valence-electron chi connectivity index (χ1n) is 7.43. The van der Waals surface area contributed by atoms with Gasteiger partial charge in [0.1, 0.15) is 0 Å². The van der Waals surface area contributed by atoms with Crippen LogP contribution in [-0.2, 0) is 15.7 Å². The molecule has 3 nitrogen and oxygen atoms in total. The number of hydrogen-bond acceptors (Lipinski definition) is 2. The zero-order valence-electron chi connectivity index (χ0n) is 12.7. The van der Waals surface area contributed by atoms with Crippen molar-refractivity contribution in [1.82, 2.24) is 0 Å². The second-order valence-electron chi connectivity index (χ2n) is 5.53. The van der Waals surface area contributed by atoms with Crippen molar-refractivity contribution >= 4 is 11.6 Å². The van der Waals surface area contributed by atoms with Crippen molar-refractivity contribution in [3.63, 3.8) is 0 Å². The Kier molecular flexibility index (Phi) is 5.11. The summed E-state index contributed by atoms with van der Waals surface area (Å²) in [5.74, 6) is -0.177. The normalized spacial score (nSPS) is 22.4. The monoisotopic (exact) mass is 315 g/mol. The van der Waals surface area contributed by atoms with E-state index in [4.69, 9.17) is 4.74 Å². The topological polar surface area (TPSA) is 29.5 Å². The van der Waals surface area contributed by atoms with Gasteiger partial charge >= 0.3 is 6.18 Å². The van der Waals surface area contributed by atoms with E-state index in [1.165, 1.54) is 12.1 Å². The van der Waals surface area contributed by atoms with Gasteiger partial charge in [-0.15, -0.1) is 0 Å². The van der Waals surface area contributed by atoms with Gasteiger partial charge in [0.2, 0.25) is 5.91 Å². The Morgan fingerprint density at radius 2 is 1.95 bits per heavy atom. The van der Waals surface area contributed by atoms with Gasteiger partial charge in [0.25, 0.3) is 0 Å². The predicted octanol–water partition coefficient (Wildman–Crippen LogP) is 3.87. The van der Waals surface area contributed by atoms with E-state index in [1.54, 1.807) is 4.90 Å². The molecule has 6 heteroatoms. The Hall–Kier alpha value is -1.56. The van der Waals surface area contributed by atoms with E-state index < -0.39 is 11.7 Å². The lowest BCUT2D eigenvalue weighted by Gasteiger charge is -2.31. The standard InChI is InChI=1S/C16H20F3NO2/c1-3-20(15(21)12-8-9-22-11(2)10-12)14-6-4-13(5-7-14)16(17,18)19/h4-7,11-12H,3,8-10H2,1-2H3. The van der Waals surface area contributed by atoms with Crippen LogP contribution >= 0.6 is 0 Å². The Morgan fingerprint density at radius 1 is 1.32 bits per heavy atom. The average molecular weight is 315 g/mol. The zero-order valence-corrected chi connectivity index (χ0v) is 12.7. The van der Waals surface area contributed by atoms with E-state index in [0.717, 1.165) is 12.1 Å². The molecule has 0 aromatic heterocycles. The van der Waals surface area contributed by atoms with Crippen LogP contribution < -0.4 is 4.90 Å². The minimum Gasteiger partial charge on any atom is -0.378 e. The second-order valence-corrected chi connectivity index (χ2v) is 5.53. The molecule has 0 spiro atoms. The fourth-order valence-electron chi connectivity index (χ4n) is 2.74. The lowest BCUT2D eigenvalue weighted by molar-refractivity contribution is -0.137. The number of alkyl halides is 3. The van der Waals surface area contributed by atoms with Gasteiger partial charge in [-0.3, -0.25) is 4.79 Å². The SMILES string of the molecule is CCN(C(=O)C1CCOC(C)C1)c1ccc(C(F)(F)F)cc1. The van der Waals surface area contributed by atoms with Crippen molar-refractivity contribution in [2.24, 2.45) is 5.92 Å². The Balaban J connectivity index is 2.15. The third-order valence-corrected chi connectivity index (χ3v) is 3.92. The van der Waals surface area contributed by atoms with Gasteiger partial charge in [0.05, 0.1) is 11.7 Å². The summed E-state index contributed by atoms with van der Waals surface area (Å²) in [5, 5.41) is 0. The molecule has 1 aromatic rings. The number of anilines is 1. The van der Waals surface area contributed by atoms with Crippen molar-refractivity contribution in [2.45, 2.75) is 39.0 Å². The maximum Gasteiger partial charge on any atom is 0.416 e. The number of hydrogen-bond donors (Lipinski definition) is 0. The van der Waals surface area contributed by atoms with E-state index in [-0.39, 0.29) is 17.9 Å². The van der Waals surface area contributed by atoms with Crippen molar-refractivity contribution in [3.8, 4) is 0 Å². The Bertz CT molecular complexity index is 513. The summed E-state index contributed by atoms with van der Waals surface area (Å²) in [7, 11) is 0. The summed E-state index contributed by atoms with van der Waals surface area (Å²) in [6.45, 7) is 4.71. The molecule has 122 valence electrons. The second kappa shape index (κ2) is 6.69. The summed E-state index contributed by atoms with van der Waals surface area (Å²) in [6.07, 6.45) is -3.03. The molecule has 1 aromatic carbocycles. The van der Waals surface area contributed by atoms with E-state index in [9.17, 15) is 18.0 Å². The maximum atomic E-state index is 12.6. The minimum atomic E-state index is -4.37. The predicted molar refractivity (Wildman–Crippen MR) is 77.6 cm³/mol. The van der Waals surface area contributed by atoms with Gasteiger partial charge in [0.15, 0.2) is 0 Å². The Labute approximate surface area is 128 Å². The molecule has 2 unspecified atom stereocenters. The van der Waals surface area contributed by atoms with E-state index >= 15 is 0 Å². The molecule has 0 saturated carbocycles. The fraction of sp³-hybridized carbons (Fsp3) is 0.562. The molecule has 1 fully saturated rings. The quantitative estimate of drug-likeness (QED) is 0.847. The summed E-state index contributed by atoms with van der Waals surface area (Å²) in [4.78, 5) is 14.1. The lowest BCUT2D eigenvalue weighted by atomic mass is 9.94. The number of benzene rings is 1. The van der Waals surface area contributed by atoms with Gasteiger partial charge in [-0.25, -0.2) is 0 Å².